The Labute approximate surface area is 114 Å². The minimum Gasteiger partial charge on any atom is -0.462 e. The summed E-state index contributed by atoms with van der Waals surface area (Å²) in [6.45, 7) is 0. The Kier molecular flexibility index (Phi) is 3.76. The summed E-state index contributed by atoms with van der Waals surface area (Å²) < 4.78 is 10.5. The van der Waals surface area contributed by atoms with Gasteiger partial charge in [-0.25, -0.2) is 0 Å². The topological polar surface area (TPSA) is 73.7 Å². The van der Waals surface area contributed by atoms with E-state index in [1.807, 2.05) is 12.1 Å². The van der Waals surface area contributed by atoms with Crippen LogP contribution in [0.3, 0.4) is 0 Å². The Morgan fingerprint density at radius 1 is 1.29 bits per heavy atom. The molecule has 108 valence electrons. The second kappa shape index (κ2) is 5.83. The third-order valence-electron chi connectivity index (χ3n) is 2.54. The summed E-state index contributed by atoms with van der Waals surface area (Å²) in [6, 6.07) is 13.6. The monoisotopic (exact) mass is 511 g/mol. The Bertz CT molecular complexity index is 708. The van der Waals surface area contributed by atoms with Crippen molar-refractivity contribution in [1.82, 2.24) is 10.1 Å². The van der Waals surface area contributed by atoms with E-state index in [2.05, 4.69) is 21.4 Å². The van der Waals surface area contributed by atoms with Gasteiger partial charge in [-0.2, -0.15) is 35.3 Å². The van der Waals surface area contributed by atoms with Crippen molar-refractivity contribution in [2.75, 3.05) is 7.11 Å². The van der Waals surface area contributed by atoms with E-state index < -0.39 is 0 Å². The molecule has 7 heteroatoms. The van der Waals surface area contributed by atoms with Gasteiger partial charge in [0.25, 0.3) is 5.89 Å². The maximum Gasteiger partial charge on any atom is 0.284 e. The molecule has 0 saturated heterocycles. The Hall–Kier alpha value is -3.89. The molecule has 0 bridgehead atoms. The van der Waals surface area contributed by atoms with Gasteiger partial charge in [-0.15, -0.1) is 0 Å². The standard InChI is InChI=1S/C14H10N3O3.Cm/c1-18-16-12(11-8-5-9-19-11)14-15-13(17-20-14)10-6-3-2-4-7-10;/h3-9H,1H3;/q-1;/b16-12-;. The number of furan rings is 1. The third kappa shape index (κ3) is 2.60. The molecule has 0 aliphatic heterocycles. The van der Waals surface area contributed by atoms with Crippen LogP contribution in [0.25, 0.3) is 11.4 Å². The zero-order chi connectivity index (χ0) is 13.8. The van der Waals surface area contributed by atoms with Crippen molar-refractivity contribution in [2.24, 2.45) is 5.16 Å². The number of rotatable bonds is 4. The SMILES string of the molecule is CO/N=C(/c1ccco1)c1nc(-c2cc[c-]cc2)no1.[Cm]. The fourth-order valence-corrected chi connectivity index (χ4v) is 1.67. The van der Waals surface area contributed by atoms with Gasteiger partial charge in [0.2, 0.25) is 5.71 Å². The van der Waals surface area contributed by atoms with Gasteiger partial charge >= 0.3 is 0 Å². The van der Waals surface area contributed by atoms with Crippen LogP contribution in [-0.4, -0.2) is 23.0 Å². The van der Waals surface area contributed by atoms with E-state index in [1.54, 1.807) is 24.3 Å². The van der Waals surface area contributed by atoms with Gasteiger partial charge < -0.3 is 13.8 Å². The molecule has 3 rings (SSSR count). The van der Waals surface area contributed by atoms with Gasteiger partial charge in [0, 0.05) is 0 Å². The number of hydrogen-bond donors (Lipinski definition) is 0. The summed E-state index contributed by atoms with van der Waals surface area (Å²) in [5.74, 6) is 1.18. The average Bonchev–Trinajstić information content (AvgIpc) is 3.17. The molecule has 0 fully saturated rings. The predicted molar refractivity (Wildman–Crippen MR) is 69.9 cm³/mol. The summed E-state index contributed by atoms with van der Waals surface area (Å²) in [7, 11) is 1.44. The maximum absolute atomic E-state index is 5.27. The van der Waals surface area contributed by atoms with E-state index >= 15 is 0 Å². The van der Waals surface area contributed by atoms with Crippen molar-refractivity contribution in [1.29, 1.82) is 0 Å². The fourth-order valence-electron chi connectivity index (χ4n) is 1.67. The molecule has 0 spiro atoms. The number of aromatic nitrogens is 2. The zero-order valence-electron chi connectivity index (χ0n) is 11.0. The van der Waals surface area contributed by atoms with Crippen LogP contribution < -0.4 is 0 Å². The van der Waals surface area contributed by atoms with Gasteiger partial charge in [-0.3, -0.25) is 0 Å². The van der Waals surface area contributed by atoms with Crippen molar-refractivity contribution in [2.45, 2.75) is 0 Å². The average molecular weight is 515 g/mol. The molecule has 0 aliphatic carbocycles. The number of nitrogens with zero attached hydrogens (tertiary/aromatic N) is 3. The van der Waals surface area contributed by atoms with Gasteiger partial charge in [-0.1, -0.05) is 15.9 Å². The van der Waals surface area contributed by atoms with E-state index in [1.165, 1.54) is 13.4 Å². The fraction of sp³-hybridized carbons (Fsp3) is 0.0714. The molecular formula is C14H10CmN3O3-. The van der Waals surface area contributed by atoms with Crippen LogP contribution in [0.1, 0.15) is 11.7 Å². The molecule has 6 nitrogen and oxygen atoms in total. The Morgan fingerprint density at radius 2 is 2.10 bits per heavy atom. The second-order valence-electron chi connectivity index (χ2n) is 3.81. The zero-order valence-corrected chi connectivity index (χ0v) is 13.9. The van der Waals surface area contributed by atoms with Gasteiger partial charge in [0.05, 0.1) is 6.26 Å². The van der Waals surface area contributed by atoms with Crippen molar-refractivity contribution < 1.29 is 13.8 Å². The van der Waals surface area contributed by atoms with E-state index in [-0.39, 0.29) is 5.89 Å². The molecule has 0 unspecified atom stereocenters. The molecule has 1 aromatic carbocycles. The van der Waals surface area contributed by atoms with Crippen LogP contribution in [-0.2, 0) is 4.84 Å². The molecule has 0 aliphatic rings. The molecule has 21 heavy (non-hydrogen) atoms. The van der Waals surface area contributed by atoms with Crippen molar-refractivity contribution in [3.05, 3.63) is 60.4 Å². The summed E-state index contributed by atoms with van der Waals surface area (Å²) >= 11 is 0. The minimum absolute atomic E-state index is 0. The van der Waals surface area contributed by atoms with Gasteiger partial charge in [-0.05, 0) is 12.1 Å². The van der Waals surface area contributed by atoms with Crippen LogP contribution in [0.4, 0.5) is 0 Å². The van der Waals surface area contributed by atoms with Crippen LogP contribution in [0, 0.1) is 6.07 Å². The predicted octanol–water partition coefficient (Wildman–Crippen LogP) is 2.53. The molecule has 0 N–H and O–H groups in total. The van der Waals surface area contributed by atoms with Crippen LogP contribution >= 0.6 is 0 Å². The molecule has 0 amide bonds. The largest absolute Gasteiger partial charge is 0.462 e. The quantitative estimate of drug-likeness (QED) is 0.304. The van der Waals surface area contributed by atoms with Gasteiger partial charge in [0.1, 0.15) is 7.11 Å². The van der Waals surface area contributed by atoms with Crippen LogP contribution in [0.2, 0.25) is 0 Å². The Morgan fingerprint density at radius 3 is 2.76 bits per heavy atom. The summed E-state index contributed by atoms with van der Waals surface area (Å²) in [5, 5.41) is 7.79. The van der Waals surface area contributed by atoms with Crippen molar-refractivity contribution in [3.8, 4) is 11.4 Å². The van der Waals surface area contributed by atoms with E-state index in [0.29, 0.717) is 17.3 Å². The number of hydrogen-bond acceptors (Lipinski definition) is 6. The molecular weight excluding hydrogens is 505 g/mol. The van der Waals surface area contributed by atoms with Crippen molar-refractivity contribution >= 4 is 5.71 Å². The summed E-state index contributed by atoms with van der Waals surface area (Å²) in [5.41, 5.74) is 1.17. The first-order valence-electron chi connectivity index (χ1n) is 5.84. The van der Waals surface area contributed by atoms with Gasteiger partial charge in [0.15, 0.2) is 11.6 Å². The summed E-state index contributed by atoms with van der Waals surface area (Å²) in [4.78, 5) is 9.09. The molecule has 0 radical (unpaired) electrons. The third-order valence-corrected chi connectivity index (χ3v) is 2.54. The van der Waals surface area contributed by atoms with E-state index in [9.17, 15) is 0 Å². The smallest absolute Gasteiger partial charge is 0.284 e. The number of oxime groups is 1. The first-order chi connectivity index (χ1) is 9.88. The molecule has 2 heterocycles. The molecule has 2 aromatic heterocycles. The van der Waals surface area contributed by atoms with Crippen LogP contribution in [0.5, 0.6) is 0 Å². The van der Waals surface area contributed by atoms with E-state index in [4.69, 9.17) is 13.8 Å². The molecule has 0 atom stereocenters. The van der Waals surface area contributed by atoms with Crippen LogP contribution in [0.15, 0.2) is 56.8 Å². The first-order valence-corrected chi connectivity index (χ1v) is 5.84. The van der Waals surface area contributed by atoms with E-state index in [0.717, 1.165) is 5.56 Å². The normalized spacial score (nSPS) is 11.0. The molecule has 0 saturated carbocycles. The second-order valence-corrected chi connectivity index (χ2v) is 3.81. The maximum atomic E-state index is 5.27. The van der Waals surface area contributed by atoms with Crippen molar-refractivity contribution in [3.63, 3.8) is 0 Å². The minimum atomic E-state index is 0. The molecule has 3 aromatic rings. The Balaban J connectivity index is 0.00000161. The number of benzene rings is 1. The first kappa shape index (κ1) is 13.5. The summed E-state index contributed by atoms with van der Waals surface area (Å²) in [6.07, 6.45) is 1.53.